The molecule has 0 bridgehead atoms. The Bertz CT molecular complexity index is 2330. The van der Waals surface area contributed by atoms with Crippen molar-refractivity contribution in [3.05, 3.63) is 0 Å². The summed E-state index contributed by atoms with van der Waals surface area (Å²) in [5.74, 6) is -5.26. The first kappa shape index (κ1) is 105. The fraction of sp³-hybridized carbons (Fsp3) is 0.844. The standard InChI is InChI=1S/C20H37N3O5.C19H34N4O4.C15H30N2O2.C11H24N2O.C10H21NO.C2H7N/c1-7-10-11-12-16(18(25)21-8-2)23(9-3)19(26)15(6)22-17(24)13(4)14(5)20(27)28;1-6-20-18(26)15-10-8-9-11-21-16(24)12(3)13(4)17(25)22-14(5)19(27)23(15)7-2;1-6-9-10-11-13(14(18)16-7-2)17(8-3)15(19)12(4)5;1-4-7-8-9-10(12-5-2)11(14)13-6-3;1-4-6-7-8-9(3)10(12)11-5-2;1-2-3/h13-16H,7-12H2,1-6H3,(H,21,25)(H,22,24)(H,27,28);12-15H,6-11H2,1-5H3,(H,20,26)(H,21,24)(H,22,25);12-13H,6-11H2,1-5H3,(H,16,18);10,12H,4-9H2,1-3H3,(H,13,14);9H,4-8H2,1-3H3,(H,11,12);2-3H2,1H3/t13?,14?,15-,16-;12?,13?,14-,15-;13-;10-;9-;/m00000./s1. The van der Waals surface area contributed by atoms with Gasteiger partial charge in [-0.2, -0.15) is 0 Å². The lowest BCUT2D eigenvalue weighted by molar-refractivity contribution is -0.147. The first-order valence-electron chi connectivity index (χ1n) is 39.6. The number of aliphatic carboxylic acids is 1. The molecule has 1 fully saturated rings. The van der Waals surface area contributed by atoms with E-state index < -0.39 is 59.7 Å². The molecule has 0 saturated carbocycles. The summed E-state index contributed by atoms with van der Waals surface area (Å²) in [5, 5.41) is 34.5. The van der Waals surface area contributed by atoms with E-state index in [4.69, 9.17) is 10.8 Å². The van der Waals surface area contributed by atoms with E-state index in [1.807, 2.05) is 83.1 Å². The largest absolute Gasteiger partial charge is 0.481 e. The Kier molecular flexibility index (Phi) is 67.7. The second-order valence-electron chi connectivity index (χ2n) is 26.7. The summed E-state index contributed by atoms with van der Waals surface area (Å²) >= 11 is 0. The van der Waals surface area contributed by atoms with Crippen molar-refractivity contribution in [1.82, 2.24) is 62.6 Å². The molecule has 0 aliphatic carbocycles. The minimum absolute atomic E-state index is 0.00602. The van der Waals surface area contributed by atoms with Crippen LogP contribution in [0.15, 0.2) is 0 Å². The number of unbranched alkanes of at least 4 members (excludes halogenated alkanes) is 8. The van der Waals surface area contributed by atoms with Gasteiger partial charge in [0.2, 0.25) is 65.0 Å². The van der Waals surface area contributed by atoms with E-state index in [0.29, 0.717) is 78.0 Å². The number of carbonyl (C=O) groups is 12. The maximum absolute atomic E-state index is 12.9. The highest BCUT2D eigenvalue weighted by atomic mass is 16.4. The molecule has 0 aromatic carbocycles. The molecule has 0 aromatic heterocycles. The van der Waals surface area contributed by atoms with E-state index in [-0.39, 0.29) is 83.0 Å². The molecule has 103 heavy (non-hydrogen) atoms. The van der Waals surface area contributed by atoms with Crippen LogP contribution in [-0.4, -0.2) is 199 Å². The normalized spacial score (nSPS) is 17.3. The number of nitrogens with zero attached hydrogens (tertiary/aromatic N) is 3. The number of carboxylic acids is 1. The summed E-state index contributed by atoms with van der Waals surface area (Å²) in [6, 6.07) is -3.09. The SMILES string of the molecule is CCCCC[C@@H](C(=O)NCC)N(CC)C(=O)C(C)C.CCCCC[C@@H](C(=O)NCC)N(CC)C(=O)[C@H](C)NC(=O)C(C)C(C)C(=O)O.CCCCC[C@H](C)C(=O)NCC.CCCCC[C@H](NCC)C(=O)NCC.CCN.CCNC(=O)[C@@H]1CCCCNC(=O)C(C)C(C)C(=O)N[C@@H](C)C(=O)N1CC. The monoisotopic (exact) mass is 1470 g/mol. The summed E-state index contributed by atoms with van der Waals surface area (Å²) in [7, 11) is 0. The second kappa shape index (κ2) is 66.3. The van der Waals surface area contributed by atoms with Gasteiger partial charge in [0.25, 0.3) is 0 Å². The summed E-state index contributed by atoms with van der Waals surface area (Å²) < 4.78 is 0. The number of carboxylic acid groups (broad SMARTS) is 1. The molecular formula is C77H153N13O13. The lowest BCUT2D eigenvalue weighted by Gasteiger charge is -2.33. The minimum Gasteiger partial charge on any atom is -0.481 e. The number of amides is 11. The molecule has 11 amide bonds. The fourth-order valence-corrected chi connectivity index (χ4v) is 10.9. The summed E-state index contributed by atoms with van der Waals surface area (Å²) in [6.07, 6.45) is 18.4. The molecule has 4 unspecified atom stereocenters. The van der Waals surface area contributed by atoms with Crippen molar-refractivity contribution in [2.75, 3.05) is 72.0 Å². The number of likely N-dealkylation sites (N-methyl/N-ethyl adjacent to an activating group) is 8. The quantitative estimate of drug-likeness (QED) is 0.0256. The van der Waals surface area contributed by atoms with E-state index in [0.717, 1.165) is 83.8 Å². The van der Waals surface area contributed by atoms with Crippen molar-refractivity contribution in [3.63, 3.8) is 0 Å². The van der Waals surface area contributed by atoms with Crippen LogP contribution in [0.1, 0.15) is 281 Å². The van der Waals surface area contributed by atoms with Crippen molar-refractivity contribution in [1.29, 1.82) is 0 Å². The Hall–Kier alpha value is -6.44. The van der Waals surface area contributed by atoms with Crippen LogP contribution in [0.5, 0.6) is 0 Å². The molecule has 1 aliphatic rings. The Morgan fingerprint density at radius 2 is 0.932 bits per heavy atom. The average molecular weight is 1470 g/mol. The van der Waals surface area contributed by atoms with Gasteiger partial charge in [-0.25, -0.2) is 0 Å². The van der Waals surface area contributed by atoms with Crippen LogP contribution in [0.4, 0.5) is 0 Å². The molecule has 1 heterocycles. The van der Waals surface area contributed by atoms with Crippen molar-refractivity contribution in [2.24, 2.45) is 41.2 Å². The number of rotatable bonds is 39. The predicted molar refractivity (Wildman–Crippen MR) is 416 cm³/mol. The molecule has 604 valence electrons. The van der Waals surface area contributed by atoms with E-state index in [1.54, 1.807) is 39.5 Å². The third-order valence-electron chi connectivity index (χ3n) is 17.7. The third-order valence-corrected chi connectivity index (χ3v) is 17.7. The average Bonchev–Trinajstić information content (AvgIpc) is 0.854. The zero-order valence-corrected chi connectivity index (χ0v) is 68.9. The topological polar surface area (TPSA) is 369 Å². The molecule has 26 heteroatoms. The molecule has 0 radical (unpaired) electrons. The highest BCUT2D eigenvalue weighted by Crippen LogP contribution is 2.19. The Balaban J connectivity index is -0.000000397. The lowest BCUT2D eigenvalue weighted by Crippen LogP contribution is -2.56. The maximum atomic E-state index is 12.9. The van der Waals surface area contributed by atoms with Crippen molar-refractivity contribution in [2.45, 2.75) is 317 Å². The molecule has 1 saturated heterocycles. The maximum Gasteiger partial charge on any atom is 0.307 e. The van der Waals surface area contributed by atoms with Gasteiger partial charge in [0, 0.05) is 88.5 Å². The number of carbonyl (C=O) groups excluding carboxylic acids is 11. The van der Waals surface area contributed by atoms with Crippen LogP contribution in [-0.2, 0) is 57.5 Å². The number of hydrogen-bond acceptors (Lipinski definition) is 14. The van der Waals surface area contributed by atoms with Gasteiger partial charge in [-0.3, -0.25) is 57.5 Å². The molecule has 0 spiro atoms. The van der Waals surface area contributed by atoms with E-state index in [2.05, 4.69) is 75.5 Å². The second-order valence-corrected chi connectivity index (χ2v) is 26.7. The van der Waals surface area contributed by atoms with Crippen molar-refractivity contribution >= 4 is 70.9 Å². The van der Waals surface area contributed by atoms with Crippen LogP contribution >= 0.6 is 0 Å². The number of nitrogens with two attached hydrogens (primary N) is 1. The van der Waals surface area contributed by atoms with Gasteiger partial charge in [-0.15, -0.1) is 0 Å². The lowest BCUT2D eigenvalue weighted by atomic mass is 9.93. The molecule has 11 atom stereocenters. The highest BCUT2D eigenvalue weighted by molar-refractivity contribution is 5.95. The van der Waals surface area contributed by atoms with Crippen molar-refractivity contribution < 1.29 is 62.6 Å². The molecular weight excluding hydrogens is 1310 g/mol. The van der Waals surface area contributed by atoms with Gasteiger partial charge < -0.3 is 73.4 Å². The first-order chi connectivity index (χ1) is 48.7. The smallest absolute Gasteiger partial charge is 0.307 e. The van der Waals surface area contributed by atoms with E-state index in [1.165, 1.54) is 55.8 Å². The summed E-state index contributed by atoms with van der Waals surface area (Å²) in [5.41, 5.74) is 4.85. The molecule has 1 aliphatic heterocycles. The third kappa shape index (κ3) is 46.9. The van der Waals surface area contributed by atoms with Crippen LogP contribution < -0.4 is 53.6 Å². The highest BCUT2D eigenvalue weighted by Gasteiger charge is 2.36. The number of hydrogen-bond donors (Lipinski definition) is 11. The van der Waals surface area contributed by atoms with Crippen LogP contribution in [0.25, 0.3) is 0 Å². The van der Waals surface area contributed by atoms with Gasteiger partial charge in [-0.05, 0) is 127 Å². The molecule has 12 N–H and O–H groups in total. The van der Waals surface area contributed by atoms with Gasteiger partial charge >= 0.3 is 5.97 Å². The van der Waals surface area contributed by atoms with E-state index >= 15 is 0 Å². The zero-order chi connectivity index (χ0) is 80.2. The van der Waals surface area contributed by atoms with Gasteiger partial charge in [0.1, 0.15) is 30.2 Å². The van der Waals surface area contributed by atoms with Crippen LogP contribution in [0, 0.1) is 35.5 Å². The Morgan fingerprint density at radius 1 is 0.515 bits per heavy atom. The van der Waals surface area contributed by atoms with Gasteiger partial charge in [0.05, 0.1) is 12.0 Å². The fourth-order valence-electron chi connectivity index (χ4n) is 10.9. The predicted octanol–water partition coefficient (Wildman–Crippen LogP) is 8.76. The summed E-state index contributed by atoms with van der Waals surface area (Å²) in [6.45, 7) is 49.3. The first-order valence-corrected chi connectivity index (χ1v) is 39.6. The zero-order valence-electron chi connectivity index (χ0n) is 68.9. The van der Waals surface area contributed by atoms with Crippen molar-refractivity contribution in [3.8, 4) is 0 Å². The molecule has 26 nitrogen and oxygen atoms in total. The molecule has 1 rings (SSSR count). The molecule has 0 aromatic rings. The summed E-state index contributed by atoms with van der Waals surface area (Å²) in [4.78, 5) is 151. The van der Waals surface area contributed by atoms with E-state index in [9.17, 15) is 57.5 Å². The Labute approximate surface area is 624 Å². The minimum atomic E-state index is -1.07. The number of nitrogens with one attached hydrogen (secondary N) is 9. The van der Waals surface area contributed by atoms with Crippen LogP contribution in [0.3, 0.4) is 0 Å². The van der Waals surface area contributed by atoms with Crippen LogP contribution in [0.2, 0.25) is 0 Å². The Morgan fingerprint density at radius 3 is 1.34 bits per heavy atom. The van der Waals surface area contributed by atoms with Gasteiger partial charge in [-0.1, -0.05) is 167 Å². The van der Waals surface area contributed by atoms with Gasteiger partial charge in [0.15, 0.2) is 0 Å².